The van der Waals surface area contributed by atoms with E-state index >= 15 is 0 Å². The van der Waals surface area contributed by atoms with Crippen LogP contribution >= 0.6 is 0 Å². The Morgan fingerprint density at radius 3 is 1.29 bits per heavy atom. The van der Waals surface area contributed by atoms with Gasteiger partial charge in [-0.25, -0.2) is 0 Å². The maximum Gasteiger partial charge on any atom is 0.220 e. The molecule has 0 aliphatic heterocycles. The van der Waals surface area contributed by atoms with E-state index in [9.17, 15) is 15.0 Å². The number of nitrogens with one attached hydrogen (secondary N) is 1. The third-order valence-corrected chi connectivity index (χ3v) is 8.85. The Balaban J connectivity index is 3.51. The molecule has 0 spiro atoms. The van der Waals surface area contributed by atoms with Crippen LogP contribution in [0.25, 0.3) is 0 Å². The van der Waals surface area contributed by atoms with Crippen molar-refractivity contribution in [2.75, 3.05) is 6.61 Å². The number of carbonyl (C=O) groups excluding carboxylic acids is 1. The fourth-order valence-electron chi connectivity index (χ4n) is 5.80. The highest BCUT2D eigenvalue weighted by molar-refractivity contribution is 5.76. The summed E-state index contributed by atoms with van der Waals surface area (Å²) in [5.74, 6) is -0.0922. The molecule has 264 valence electrons. The quantitative estimate of drug-likeness (QED) is 0.0481. The van der Waals surface area contributed by atoms with E-state index in [2.05, 4.69) is 43.5 Å². The van der Waals surface area contributed by atoms with Crippen molar-refractivity contribution in [2.24, 2.45) is 0 Å². The summed E-state index contributed by atoms with van der Waals surface area (Å²) in [4.78, 5) is 12.1. The predicted molar refractivity (Wildman–Crippen MR) is 198 cm³/mol. The first kappa shape index (κ1) is 43.6. The molecule has 0 rings (SSSR count). The monoisotopic (exact) mass is 632 g/mol. The molecule has 0 aromatic heterocycles. The minimum absolute atomic E-state index is 0.0922. The van der Waals surface area contributed by atoms with Crippen LogP contribution in [-0.2, 0) is 4.79 Å². The Morgan fingerprint density at radius 2 is 0.867 bits per heavy atom. The minimum Gasteiger partial charge on any atom is -0.394 e. The summed E-state index contributed by atoms with van der Waals surface area (Å²) in [5.41, 5.74) is 0. The van der Waals surface area contributed by atoms with Crippen LogP contribution in [0.5, 0.6) is 0 Å². The van der Waals surface area contributed by atoms with Crippen molar-refractivity contribution < 1.29 is 15.0 Å². The molecule has 0 radical (unpaired) electrons. The van der Waals surface area contributed by atoms with Crippen LogP contribution < -0.4 is 5.32 Å². The molecule has 2 atom stereocenters. The summed E-state index contributed by atoms with van der Waals surface area (Å²) in [6.45, 7) is 4.20. The van der Waals surface area contributed by atoms with Gasteiger partial charge in [-0.05, 0) is 44.9 Å². The van der Waals surface area contributed by atoms with Gasteiger partial charge in [0.2, 0.25) is 5.91 Å². The number of allylic oxidation sites excluding steroid dienone is 5. The average molecular weight is 632 g/mol. The predicted octanol–water partition coefficient (Wildman–Crippen LogP) is 11.8. The maximum atomic E-state index is 12.1. The summed E-state index contributed by atoms with van der Waals surface area (Å²) in [5, 5.41) is 22.6. The van der Waals surface area contributed by atoms with E-state index in [-0.39, 0.29) is 12.5 Å². The second-order valence-corrected chi connectivity index (χ2v) is 13.3. The standard InChI is InChI=1S/C41H77NO3/c1-3-5-7-9-10-11-12-13-14-15-16-17-18-19-20-21-22-23-24-25-26-27-28-29-30-31-33-34-36-40(44)39(38-43)42-41(45)37-35-32-8-6-4-2/h25-26,29-30,34,36,39-40,43-44H,3-24,27-28,31-33,35,37-38H2,1-2H3,(H,42,45)/b26-25+,30-29+,36-34+. The Labute approximate surface area is 281 Å². The summed E-state index contributed by atoms with van der Waals surface area (Å²) in [6.07, 6.45) is 48.6. The van der Waals surface area contributed by atoms with Crippen LogP contribution in [0.2, 0.25) is 0 Å². The molecule has 0 aliphatic rings. The lowest BCUT2D eigenvalue weighted by Crippen LogP contribution is -2.45. The van der Waals surface area contributed by atoms with Crippen LogP contribution in [0.15, 0.2) is 36.5 Å². The summed E-state index contributed by atoms with van der Waals surface area (Å²) in [6, 6.07) is -0.638. The number of carbonyl (C=O) groups is 1. The molecule has 0 aromatic carbocycles. The summed E-state index contributed by atoms with van der Waals surface area (Å²) < 4.78 is 0. The van der Waals surface area contributed by atoms with Gasteiger partial charge in [0.15, 0.2) is 0 Å². The zero-order chi connectivity index (χ0) is 32.9. The fourth-order valence-corrected chi connectivity index (χ4v) is 5.80. The molecule has 0 aromatic rings. The molecule has 1 amide bonds. The molecule has 4 heteroatoms. The third kappa shape index (κ3) is 33.8. The molecule has 3 N–H and O–H groups in total. The first-order valence-corrected chi connectivity index (χ1v) is 19.7. The van der Waals surface area contributed by atoms with Crippen molar-refractivity contribution in [1.29, 1.82) is 0 Å². The van der Waals surface area contributed by atoms with E-state index in [0.29, 0.717) is 6.42 Å². The largest absolute Gasteiger partial charge is 0.394 e. The second-order valence-electron chi connectivity index (χ2n) is 13.3. The lowest BCUT2D eigenvalue weighted by Gasteiger charge is -2.19. The third-order valence-electron chi connectivity index (χ3n) is 8.85. The van der Waals surface area contributed by atoms with Gasteiger partial charge in [0.05, 0.1) is 18.8 Å². The Bertz CT molecular complexity index is 686. The summed E-state index contributed by atoms with van der Waals surface area (Å²) in [7, 11) is 0. The molecule has 0 saturated carbocycles. The second kappa shape index (κ2) is 37.1. The van der Waals surface area contributed by atoms with Gasteiger partial charge in [-0.15, -0.1) is 0 Å². The first-order chi connectivity index (χ1) is 22.2. The molecule has 45 heavy (non-hydrogen) atoms. The molecule has 0 fully saturated rings. The zero-order valence-electron chi connectivity index (χ0n) is 30.1. The van der Waals surface area contributed by atoms with Crippen LogP contribution in [-0.4, -0.2) is 34.9 Å². The number of hydrogen-bond acceptors (Lipinski definition) is 3. The van der Waals surface area contributed by atoms with Crippen molar-refractivity contribution in [1.82, 2.24) is 5.32 Å². The number of amides is 1. The van der Waals surface area contributed by atoms with E-state index in [1.54, 1.807) is 6.08 Å². The van der Waals surface area contributed by atoms with Gasteiger partial charge >= 0.3 is 0 Å². The molecule has 0 bridgehead atoms. The van der Waals surface area contributed by atoms with E-state index in [1.807, 2.05) is 6.08 Å². The highest BCUT2D eigenvalue weighted by Gasteiger charge is 2.17. The molecule has 2 unspecified atom stereocenters. The van der Waals surface area contributed by atoms with Gasteiger partial charge in [0, 0.05) is 6.42 Å². The van der Waals surface area contributed by atoms with Gasteiger partial charge in [-0.2, -0.15) is 0 Å². The highest BCUT2D eigenvalue weighted by atomic mass is 16.3. The van der Waals surface area contributed by atoms with Crippen molar-refractivity contribution in [3.63, 3.8) is 0 Å². The number of unbranched alkanes of at least 4 members (excludes halogenated alkanes) is 24. The number of aliphatic hydroxyl groups excluding tert-OH is 2. The summed E-state index contributed by atoms with van der Waals surface area (Å²) >= 11 is 0. The molecule has 0 heterocycles. The topological polar surface area (TPSA) is 69.6 Å². The average Bonchev–Trinajstić information content (AvgIpc) is 3.04. The zero-order valence-corrected chi connectivity index (χ0v) is 30.1. The Hall–Kier alpha value is -1.39. The van der Waals surface area contributed by atoms with Crippen molar-refractivity contribution in [3.05, 3.63) is 36.5 Å². The van der Waals surface area contributed by atoms with E-state index in [1.165, 1.54) is 135 Å². The van der Waals surface area contributed by atoms with Gasteiger partial charge < -0.3 is 15.5 Å². The van der Waals surface area contributed by atoms with Crippen LogP contribution in [0, 0.1) is 0 Å². The van der Waals surface area contributed by atoms with Crippen LogP contribution in [0.1, 0.15) is 200 Å². The van der Waals surface area contributed by atoms with Gasteiger partial charge in [-0.1, -0.05) is 185 Å². The van der Waals surface area contributed by atoms with Gasteiger partial charge in [0.25, 0.3) is 0 Å². The Kier molecular flexibility index (Phi) is 35.9. The van der Waals surface area contributed by atoms with Crippen LogP contribution in [0.4, 0.5) is 0 Å². The van der Waals surface area contributed by atoms with Crippen molar-refractivity contribution in [3.8, 4) is 0 Å². The molecular weight excluding hydrogens is 554 g/mol. The van der Waals surface area contributed by atoms with E-state index < -0.39 is 12.1 Å². The Morgan fingerprint density at radius 1 is 0.511 bits per heavy atom. The molecule has 0 aliphatic carbocycles. The van der Waals surface area contributed by atoms with Crippen LogP contribution in [0.3, 0.4) is 0 Å². The van der Waals surface area contributed by atoms with E-state index in [4.69, 9.17) is 0 Å². The molecule has 4 nitrogen and oxygen atoms in total. The lowest BCUT2D eigenvalue weighted by molar-refractivity contribution is -0.123. The fraction of sp³-hybridized carbons (Fsp3) is 0.829. The van der Waals surface area contributed by atoms with Crippen molar-refractivity contribution in [2.45, 2.75) is 212 Å². The number of hydrogen-bond donors (Lipinski definition) is 3. The maximum absolute atomic E-state index is 12.1. The smallest absolute Gasteiger partial charge is 0.220 e. The molecule has 0 saturated heterocycles. The van der Waals surface area contributed by atoms with Crippen molar-refractivity contribution >= 4 is 5.91 Å². The number of aliphatic hydroxyl groups is 2. The van der Waals surface area contributed by atoms with Gasteiger partial charge in [-0.3, -0.25) is 4.79 Å². The van der Waals surface area contributed by atoms with Gasteiger partial charge in [0.1, 0.15) is 0 Å². The normalized spacial score (nSPS) is 13.4. The SMILES string of the molecule is CCCCCCCCCCCCCCCCCCCC/C=C/CC/C=C/CC/C=C/C(O)C(CO)NC(=O)CCCCCCC. The minimum atomic E-state index is -0.864. The molecular formula is C41H77NO3. The van der Waals surface area contributed by atoms with E-state index in [0.717, 1.165) is 44.9 Å². The number of rotatable bonds is 35. The first-order valence-electron chi connectivity index (χ1n) is 19.7. The lowest BCUT2D eigenvalue weighted by atomic mass is 10.0. The highest BCUT2D eigenvalue weighted by Crippen LogP contribution is 2.15.